The molecule has 7 nitrogen and oxygen atoms in total. The van der Waals surface area contributed by atoms with Crippen molar-refractivity contribution in [3.8, 4) is 0 Å². The van der Waals surface area contributed by atoms with Crippen molar-refractivity contribution >= 4 is 29.7 Å². The number of carboxylic acids is 1. The number of nitrogens with one attached hydrogen (secondary N) is 1. The summed E-state index contributed by atoms with van der Waals surface area (Å²) in [4.78, 5) is 35.7. The number of hydrogen-bond donors (Lipinski definition) is 3. The maximum Gasteiger partial charge on any atom is 0.326 e. The van der Waals surface area contributed by atoms with Gasteiger partial charge in [0.1, 0.15) is 6.04 Å². The van der Waals surface area contributed by atoms with Gasteiger partial charge in [0, 0.05) is 13.1 Å². The highest BCUT2D eigenvalue weighted by molar-refractivity contribution is 7.98. The van der Waals surface area contributed by atoms with Gasteiger partial charge in [-0.3, -0.25) is 4.79 Å². The summed E-state index contributed by atoms with van der Waals surface area (Å²) in [5.74, 6) is -1.15. The molecule has 1 fully saturated rings. The predicted molar refractivity (Wildman–Crippen MR) is 76.4 cm³/mol. The Balaban J connectivity index is 2.55. The minimum absolute atomic E-state index is 0.260. The van der Waals surface area contributed by atoms with Gasteiger partial charge in [-0.05, 0) is 31.3 Å². The van der Waals surface area contributed by atoms with Crippen LogP contribution in [0, 0.1) is 5.92 Å². The summed E-state index contributed by atoms with van der Waals surface area (Å²) in [5.41, 5.74) is 5.25. The van der Waals surface area contributed by atoms with Crippen molar-refractivity contribution < 1.29 is 19.5 Å². The highest BCUT2D eigenvalue weighted by Gasteiger charge is 2.29. The maximum atomic E-state index is 12.0. The Kier molecular flexibility index (Phi) is 6.63. The van der Waals surface area contributed by atoms with Crippen LogP contribution < -0.4 is 11.1 Å². The Morgan fingerprint density at radius 1 is 1.50 bits per heavy atom. The molecule has 4 N–H and O–H groups in total. The van der Waals surface area contributed by atoms with E-state index in [0.29, 0.717) is 31.6 Å². The maximum absolute atomic E-state index is 12.0. The zero-order chi connectivity index (χ0) is 15.1. The molecule has 0 aliphatic carbocycles. The van der Waals surface area contributed by atoms with E-state index in [1.54, 1.807) is 0 Å². The number of urea groups is 1. The van der Waals surface area contributed by atoms with E-state index < -0.39 is 23.9 Å². The van der Waals surface area contributed by atoms with Crippen molar-refractivity contribution in [1.82, 2.24) is 10.2 Å². The average Bonchev–Trinajstić information content (AvgIpc) is 2.42. The van der Waals surface area contributed by atoms with Crippen LogP contribution in [0.4, 0.5) is 4.79 Å². The number of carboxylic acid groups (broad SMARTS) is 1. The zero-order valence-electron chi connectivity index (χ0n) is 11.5. The van der Waals surface area contributed by atoms with Crippen LogP contribution in [0.15, 0.2) is 0 Å². The summed E-state index contributed by atoms with van der Waals surface area (Å²) in [6.07, 6.45) is 3.62. The second-order valence-corrected chi connectivity index (χ2v) is 5.79. The molecule has 1 heterocycles. The van der Waals surface area contributed by atoms with E-state index >= 15 is 0 Å². The first-order valence-electron chi connectivity index (χ1n) is 6.52. The fourth-order valence-corrected chi connectivity index (χ4v) is 2.60. The molecule has 0 bridgehead atoms. The number of nitrogens with two attached hydrogens (primary N) is 1. The third kappa shape index (κ3) is 4.92. The third-order valence-electron chi connectivity index (χ3n) is 3.32. The Bertz CT molecular complexity index is 378. The van der Waals surface area contributed by atoms with Crippen LogP contribution in [0.3, 0.4) is 0 Å². The first-order valence-corrected chi connectivity index (χ1v) is 7.91. The molecule has 114 valence electrons. The lowest BCUT2D eigenvalue weighted by Crippen LogP contribution is -2.52. The SMILES string of the molecule is CSCCC(NC(=O)N1CCCC(C(N)=O)C1)C(=O)O. The third-order valence-corrected chi connectivity index (χ3v) is 3.96. The van der Waals surface area contributed by atoms with Gasteiger partial charge in [-0.1, -0.05) is 0 Å². The van der Waals surface area contributed by atoms with E-state index in [2.05, 4.69) is 5.32 Å². The smallest absolute Gasteiger partial charge is 0.326 e. The summed E-state index contributed by atoms with van der Waals surface area (Å²) < 4.78 is 0. The minimum Gasteiger partial charge on any atom is -0.480 e. The fourth-order valence-electron chi connectivity index (χ4n) is 2.13. The molecule has 1 aliphatic rings. The Morgan fingerprint density at radius 2 is 2.20 bits per heavy atom. The topological polar surface area (TPSA) is 113 Å². The van der Waals surface area contributed by atoms with Gasteiger partial charge < -0.3 is 21.1 Å². The van der Waals surface area contributed by atoms with Crippen LogP contribution in [0.2, 0.25) is 0 Å². The molecule has 2 unspecified atom stereocenters. The first kappa shape index (κ1) is 16.6. The van der Waals surface area contributed by atoms with E-state index in [9.17, 15) is 14.4 Å². The van der Waals surface area contributed by atoms with Gasteiger partial charge in [0.2, 0.25) is 5.91 Å². The summed E-state index contributed by atoms with van der Waals surface area (Å²) >= 11 is 1.52. The summed E-state index contributed by atoms with van der Waals surface area (Å²) in [5, 5.41) is 11.6. The van der Waals surface area contributed by atoms with Crippen molar-refractivity contribution in [2.45, 2.75) is 25.3 Å². The molecule has 0 radical (unpaired) electrons. The lowest BCUT2D eigenvalue weighted by Gasteiger charge is -2.32. The van der Waals surface area contributed by atoms with E-state index in [1.165, 1.54) is 16.7 Å². The van der Waals surface area contributed by atoms with Gasteiger partial charge >= 0.3 is 12.0 Å². The standard InChI is InChI=1S/C12H21N3O4S/c1-20-6-4-9(11(17)18)14-12(19)15-5-2-3-8(7-15)10(13)16/h8-9H,2-7H2,1H3,(H2,13,16)(H,14,19)(H,17,18). The lowest BCUT2D eigenvalue weighted by molar-refractivity contribution is -0.139. The van der Waals surface area contributed by atoms with Gasteiger partial charge in [-0.15, -0.1) is 0 Å². The quantitative estimate of drug-likeness (QED) is 0.644. The van der Waals surface area contributed by atoms with E-state index in [4.69, 9.17) is 10.8 Å². The molecular formula is C12H21N3O4S. The van der Waals surface area contributed by atoms with Crippen molar-refractivity contribution in [3.63, 3.8) is 0 Å². The van der Waals surface area contributed by atoms with Gasteiger partial charge in [0.15, 0.2) is 0 Å². The number of primary amides is 1. The van der Waals surface area contributed by atoms with Crippen LogP contribution in [0.1, 0.15) is 19.3 Å². The van der Waals surface area contributed by atoms with Gasteiger partial charge in [-0.2, -0.15) is 11.8 Å². The molecule has 1 saturated heterocycles. The number of aliphatic carboxylic acids is 1. The van der Waals surface area contributed by atoms with E-state index in [-0.39, 0.29) is 12.5 Å². The van der Waals surface area contributed by atoms with Crippen LogP contribution in [-0.4, -0.2) is 59.1 Å². The molecule has 0 aromatic carbocycles. The highest BCUT2D eigenvalue weighted by atomic mass is 32.2. The fraction of sp³-hybridized carbons (Fsp3) is 0.750. The second-order valence-electron chi connectivity index (χ2n) is 4.81. The normalized spacial score (nSPS) is 20.2. The van der Waals surface area contributed by atoms with Crippen molar-refractivity contribution in [2.24, 2.45) is 11.7 Å². The van der Waals surface area contributed by atoms with Gasteiger partial charge in [-0.25, -0.2) is 9.59 Å². The molecule has 1 aliphatic heterocycles. The molecule has 8 heteroatoms. The molecule has 1 rings (SSSR count). The predicted octanol–water partition coefficient (Wildman–Crippen LogP) is 0.0996. The first-order chi connectivity index (χ1) is 9.45. The highest BCUT2D eigenvalue weighted by Crippen LogP contribution is 2.16. The van der Waals surface area contributed by atoms with Crippen LogP contribution in [-0.2, 0) is 9.59 Å². The molecule has 20 heavy (non-hydrogen) atoms. The van der Waals surface area contributed by atoms with Crippen LogP contribution in [0.25, 0.3) is 0 Å². The van der Waals surface area contributed by atoms with E-state index in [0.717, 1.165) is 0 Å². The monoisotopic (exact) mass is 303 g/mol. The van der Waals surface area contributed by atoms with E-state index in [1.807, 2.05) is 6.26 Å². The summed E-state index contributed by atoms with van der Waals surface area (Å²) in [6.45, 7) is 0.778. The Hall–Kier alpha value is -1.44. The molecule has 0 aromatic heterocycles. The molecular weight excluding hydrogens is 282 g/mol. The number of nitrogens with zero attached hydrogens (tertiary/aromatic N) is 1. The zero-order valence-corrected chi connectivity index (χ0v) is 12.3. The molecule has 0 aromatic rings. The molecule has 0 saturated carbocycles. The Labute approximate surface area is 122 Å². The minimum atomic E-state index is -1.05. The molecule has 3 amide bonds. The van der Waals surface area contributed by atoms with Gasteiger partial charge in [0.25, 0.3) is 0 Å². The van der Waals surface area contributed by atoms with Crippen LogP contribution in [0.5, 0.6) is 0 Å². The largest absolute Gasteiger partial charge is 0.480 e. The number of carbonyl (C=O) groups excluding carboxylic acids is 2. The number of thioether (sulfide) groups is 1. The second kappa shape index (κ2) is 7.98. The molecule has 2 atom stereocenters. The average molecular weight is 303 g/mol. The molecule has 0 spiro atoms. The number of piperidine rings is 1. The Morgan fingerprint density at radius 3 is 2.75 bits per heavy atom. The lowest BCUT2D eigenvalue weighted by atomic mass is 9.98. The number of amides is 3. The number of hydrogen-bond acceptors (Lipinski definition) is 4. The van der Waals surface area contributed by atoms with Crippen molar-refractivity contribution in [3.05, 3.63) is 0 Å². The van der Waals surface area contributed by atoms with Crippen LogP contribution >= 0.6 is 11.8 Å². The summed E-state index contributed by atoms with van der Waals surface area (Å²) in [7, 11) is 0. The van der Waals surface area contributed by atoms with Gasteiger partial charge in [0.05, 0.1) is 5.92 Å². The number of carbonyl (C=O) groups is 3. The number of rotatable bonds is 6. The summed E-state index contributed by atoms with van der Waals surface area (Å²) in [6, 6.07) is -1.34. The van der Waals surface area contributed by atoms with Crippen molar-refractivity contribution in [1.29, 1.82) is 0 Å². The van der Waals surface area contributed by atoms with Crippen molar-refractivity contribution in [2.75, 3.05) is 25.1 Å². The number of likely N-dealkylation sites (tertiary alicyclic amines) is 1.